The van der Waals surface area contributed by atoms with Gasteiger partial charge in [0.05, 0.1) is 5.75 Å². The Morgan fingerprint density at radius 3 is 2.56 bits per heavy atom. The van der Waals surface area contributed by atoms with Gasteiger partial charge in [-0.15, -0.1) is 11.8 Å². The second-order valence-electron chi connectivity index (χ2n) is 6.00. The van der Waals surface area contributed by atoms with Crippen molar-refractivity contribution in [1.82, 2.24) is 9.47 Å². The van der Waals surface area contributed by atoms with Gasteiger partial charge in [0.25, 0.3) is 0 Å². The summed E-state index contributed by atoms with van der Waals surface area (Å²) in [6, 6.07) is 20.5. The first-order valence-corrected chi connectivity index (χ1v) is 9.94. The molecule has 0 saturated carbocycles. The minimum absolute atomic E-state index is 0.0735. The number of carbonyl (C=O) groups excluding carboxylic acids is 1. The van der Waals surface area contributed by atoms with Crippen molar-refractivity contribution < 1.29 is 4.79 Å². The predicted molar refractivity (Wildman–Crippen MR) is 106 cm³/mol. The molecule has 2 aromatic carbocycles. The number of rotatable bonds is 4. The van der Waals surface area contributed by atoms with Crippen LogP contribution < -0.4 is 0 Å². The fraction of sp³-hybridized carbons (Fsp3) is 0.150. The SMILES string of the molecule is O=C1CS[C@H](c2ccn(-c3ccc(Br)cc3)c2)N1Cc1ccccc1. The lowest BCUT2D eigenvalue weighted by molar-refractivity contribution is -0.128. The highest BCUT2D eigenvalue weighted by Gasteiger charge is 2.33. The van der Waals surface area contributed by atoms with E-state index in [1.807, 2.05) is 35.2 Å². The van der Waals surface area contributed by atoms with Gasteiger partial charge in [-0.25, -0.2) is 0 Å². The summed E-state index contributed by atoms with van der Waals surface area (Å²) >= 11 is 5.16. The summed E-state index contributed by atoms with van der Waals surface area (Å²) in [5.74, 6) is 0.747. The average molecular weight is 413 g/mol. The van der Waals surface area contributed by atoms with Crippen LogP contribution in [-0.2, 0) is 11.3 Å². The molecule has 0 radical (unpaired) electrons. The van der Waals surface area contributed by atoms with Crippen molar-refractivity contribution in [1.29, 1.82) is 0 Å². The van der Waals surface area contributed by atoms with Crippen LogP contribution in [0, 0.1) is 0 Å². The maximum Gasteiger partial charge on any atom is 0.234 e. The number of hydrogen-bond acceptors (Lipinski definition) is 2. The van der Waals surface area contributed by atoms with Crippen LogP contribution in [0.2, 0.25) is 0 Å². The average Bonchev–Trinajstić information content (AvgIpc) is 3.24. The molecular weight excluding hydrogens is 396 g/mol. The molecule has 5 heteroatoms. The molecule has 1 aromatic heterocycles. The molecule has 3 aromatic rings. The molecule has 0 bridgehead atoms. The van der Waals surface area contributed by atoms with E-state index in [-0.39, 0.29) is 11.3 Å². The topological polar surface area (TPSA) is 25.2 Å². The van der Waals surface area contributed by atoms with Crippen LogP contribution in [0.15, 0.2) is 77.5 Å². The first-order valence-electron chi connectivity index (χ1n) is 8.09. The van der Waals surface area contributed by atoms with E-state index in [9.17, 15) is 4.79 Å². The molecule has 2 heterocycles. The molecule has 0 spiro atoms. The normalized spacial score (nSPS) is 17.2. The van der Waals surface area contributed by atoms with E-state index in [1.165, 1.54) is 0 Å². The molecule has 4 rings (SSSR count). The number of amides is 1. The van der Waals surface area contributed by atoms with Crippen LogP contribution in [0.4, 0.5) is 0 Å². The minimum atomic E-state index is 0.0735. The Labute approximate surface area is 159 Å². The zero-order chi connectivity index (χ0) is 17.2. The Balaban J connectivity index is 1.58. The van der Waals surface area contributed by atoms with E-state index in [4.69, 9.17) is 0 Å². The summed E-state index contributed by atoms with van der Waals surface area (Å²) in [6.45, 7) is 0.654. The summed E-state index contributed by atoms with van der Waals surface area (Å²) < 4.78 is 3.17. The highest BCUT2D eigenvalue weighted by atomic mass is 79.9. The molecule has 126 valence electrons. The lowest BCUT2D eigenvalue weighted by Crippen LogP contribution is -2.27. The monoisotopic (exact) mass is 412 g/mol. The van der Waals surface area contributed by atoms with Gasteiger partial charge >= 0.3 is 0 Å². The minimum Gasteiger partial charge on any atom is -0.323 e. The van der Waals surface area contributed by atoms with Gasteiger partial charge < -0.3 is 9.47 Å². The maximum atomic E-state index is 12.4. The van der Waals surface area contributed by atoms with Gasteiger partial charge in [0.2, 0.25) is 5.91 Å². The van der Waals surface area contributed by atoms with E-state index in [0.29, 0.717) is 12.3 Å². The summed E-state index contributed by atoms with van der Waals surface area (Å²) in [6.07, 6.45) is 4.18. The molecule has 0 N–H and O–H groups in total. The first kappa shape index (κ1) is 16.5. The summed E-state index contributed by atoms with van der Waals surface area (Å²) in [7, 11) is 0. The predicted octanol–water partition coefficient (Wildman–Crippen LogP) is 5.01. The summed E-state index contributed by atoms with van der Waals surface area (Å²) in [5.41, 5.74) is 3.43. The van der Waals surface area contributed by atoms with Gasteiger partial charge in [-0.1, -0.05) is 46.3 Å². The third-order valence-corrected chi connectivity index (χ3v) is 6.07. The lowest BCUT2D eigenvalue weighted by atomic mass is 10.2. The molecule has 1 amide bonds. The van der Waals surface area contributed by atoms with E-state index in [0.717, 1.165) is 21.3 Å². The maximum absolute atomic E-state index is 12.4. The van der Waals surface area contributed by atoms with Crippen molar-refractivity contribution in [2.45, 2.75) is 11.9 Å². The van der Waals surface area contributed by atoms with Crippen molar-refractivity contribution >= 4 is 33.6 Å². The zero-order valence-corrected chi connectivity index (χ0v) is 15.9. The Morgan fingerprint density at radius 1 is 1.04 bits per heavy atom. The van der Waals surface area contributed by atoms with Crippen LogP contribution in [0.25, 0.3) is 5.69 Å². The van der Waals surface area contributed by atoms with Crippen LogP contribution in [0.3, 0.4) is 0 Å². The number of hydrogen-bond donors (Lipinski definition) is 0. The van der Waals surface area contributed by atoms with Gasteiger partial charge in [0.1, 0.15) is 5.37 Å². The van der Waals surface area contributed by atoms with Crippen molar-refractivity contribution in [2.75, 3.05) is 5.75 Å². The van der Waals surface area contributed by atoms with Crippen molar-refractivity contribution in [3.8, 4) is 5.69 Å². The number of halogens is 1. The molecule has 1 aliphatic rings. The van der Waals surface area contributed by atoms with Crippen LogP contribution in [0.1, 0.15) is 16.5 Å². The lowest BCUT2D eigenvalue weighted by Gasteiger charge is -2.23. The Bertz CT molecular complexity index is 876. The molecule has 3 nitrogen and oxygen atoms in total. The number of aromatic nitrogens is 1. The highest BCUT2D eigenvalue weighted by Crippen LogP contribution is 2.40. The number of nitrogens with zero attached hydrogens (tertiary/aromatic N) is 2. The quantitative estimate of drug-likeness (QED) is 0.601. The van der Waals surface area contributed by atoms with Crippen molar-refractivity contribution in [3.63, 3.8) is 0 Å². The molecule has 0 aliphatic carbocycles. The zero-order valence-electron chi connectivity index (χ0n) is 13.5. The van der Waals surface area contributed by atoms with Crippen molar-refractivity contribution in [2.24, 2.45) is 0 Å². The highest BCUT2D eigenvalue weighted by molar-refractivity contribution is 9.10. The molecule has 1 aliphatic heterocycles. The van der Waals surface area contributed by atoms with E-state index < -0.39 is 0 Å². The Morgan fingerprint density at radius 2 is 1.80 bits per heavy atom. The van der Waals surface area contributed by atoms with Gasteiger partial charge in [0.15, 0.2) is 0 Å². The van der Waals surface area contributed by atoms with Crippen LogP contribution in [0.5, 0.6) is 0 Å². The Kier molecular flexibility index (Phi) is 4.68. The number of carbonyl (C=O) groups is 1. The van der Waals surface area contributed by atoms with E-state index in [2.05, 4.69) is 63.2 Å². The van der Waals surface area contributed by atoms with Gasteiger partial charge in [-0.2, -0.15) is 0 Å². The van der Waals surface area contributed by atoms with Gasteiger partial charge in [-0.05, 0) is 35.9 Å². The standard InChI is InChI=1S/C20H17BrN2OS/c21-17-6-8-18(9-7-17)22-11-10-16(13-22)20-23(19(24)14-25-20)12-15-4-2-1-3-5-15/h1-11,13,20H,12,14H2/t20-/m1/s1. The summed E-state index contributed by atoms with van der Waals surface area (Å²) in [5, 5.41) is 0.0735. The smallest absolute Gasteiger partial charge is 0.234 e. The van der Waals surface area contributed by atoms with Gasteiger partial charge in [0, 0.05) is 34.7 Å². The van der Waals surface area contributed by atoms with Crippen LogP contribution in [-0.4, -0.2) is 21.1 Å². The second-order valence-corrected chi connectivity index (χ2v) is 7.98. The molecule has 1 atom stereocenters. The molecule has 1 fully saturated rings. The molecular formula is C20H17BrN2OS. The first-order chi connectivity index (χ1) is 12.2. The van der Waals surface area contributed by atoms with E-state index in [1.54, 1.807) is 11.8 Å². The largest absolute Gasteiger partial charge is 0.323 e. The number of thioether (sulfide) groups is 1. The third kappa shape index (κ3) is 3.53. The fourth-order valence-corrected chi connectivity index (χ4v) is 4.45. The summed E-state index contributed by atoms with van der Waals surface area (Å²) in [4.78, 5) is 14.3. The van der Waals surface area contributed by atoms with E-state index >= 15 is 0 Å². The molecule has 1 saturated heterocycles. The second kappa shape index (κ2) is 7.10. The fourth-order valence-electron chi connectivity index (χ4n) is 3.01. The third-order valence-electron chi connectivity index (χ3n) is 4.29. The molecule has 25 heavy (non-hydrogen) atoms. The van der Waals surface area contributed by atoms with Gasteiger partial charge in [-0.3, -0.25) is 4.79 Å². The van der Waals surface area contributed by atoms with Crippen LogP contribution >= 0.6 is 27.7 Å². The Hall–Kier alpha value is -1.98. The molecule has 0 unspecified atom stereocenters. The number of benzene rings is 2. The van der Waals surface area contributed by atoms with Crippen molar-refractivity contribution in [3.05, 3.63) is 88.7 Å².